The lowest BCUT2D eigenvalue weighted by Gasteiger charge is -2.19. The molecule has 0 bridgehead atoms. The predicted molar refractivity (Wildman–Crippen MR) is 146 cm³/mol. The van der Waals surface area contributed by atoms with E-state index in [2.05, 4.69) is 12.2 Å². The van der Waals surface area contributed by atoms with E-state index in [4.69, 9.17) is 9.72 Å². The summed E-state index contributed by atoms with van der Waals surface area (Å²) < 4.78 is 5.59. The minimum atomic E-state index is -0.367. The van der Waals surface area contributed by atoms with Gasteiger partial charge in [-0.2, -0.15) is 0 Å². The Labute approximate surface area is 215 Å². The number of carbonyl (C=O) groups is 2. The van der Waals surface area contributed by atoms with E-state index >= 15 is 0 Å². The number of nitrogens with one attached hydrogen (secondary N) is 1. The quantitative estimate of drug-likeness (QED) is 0.295. The fraction of sp³-hybridized carbons (Fsp3) is 0.300. The molecule has 0 radical (unpaired) electrons. The van der Waals surface area contributed by atoms with Gasteiger partial charge in [0, 0.05) is 15.8 Å². The third kappa shape index (κ3) is 4.53. The first-order valence-corrected chi connectivity index (χ1v) is 13.3. The molecule has 5 nitrogen and oxygen atoms in total. The number of para-hydroxylation sites is 1. The number of benzene rings is 2. The van der Waals surface area contributed by atoms with Gasteiger partial charge >= 0.3 is 5.97 Å². The van der Waals surface area contributed by atoms with E-state index < -0.39 is 0 Å². The van der Waals surface area contributed by atoms with Crippen LogP contribution in [0.15, 0.2) is 54.6 Å². The molecule has 2 heterocycles. The summed E-state index contributed by atoms with van der Waals surface area (Å²) in [5.41, 5.74) is 5.41. The maximum atomic E-state index is 13.9. The molecule has 184 valence electrons. The first-order valence-electron chi connectivity index (χ1n) is 12.4. The molecule has 1 atom stereocenters. The van der Waals surface area contributed by atoms with Crippen LogP contribution in [-0.2, 0) is 17.6 Å². The van der Waals surface area contributed by atoms with Crippen LogP contribution in [0, 0.1) is 12.8 Å². The van der Waals surface area contributed by atoms with Gasteiger partial charge in [-0.3, -0.25) is 4.79 Å². The fourth-order valence-electron chi connectivity index (χ4n) is 4.97. The number of esters is 1. The van der Waals surface area contributed by atoms with Crippen molar-refractivity contribution in [2.24, 2.45) is 5.92 Å². The molecule has 5 rings (SSSR count). The van der Waals surface area contributed by atoms with Crippen molar-refractivity contribution in [3.8, 4) is 11.3 Å². The third-order valence-corrected chi connectivity index (χ3v) is 7.87. The molecule has 0 saturated heterocycles. The van der Waals surface area contributed by atoms with Crippen molar-refractivity contribution in [2.45, 2.75) is 53.1 Å². The molecule has 36 heavy (non-hydrogen) atoms. The van der Waals surface area contributed by atoms with Gasteiger partial charge in [0.1, 0.15) is 5.00 Å². The van der Waals surface area contributed by atoms with Crippen LogP contribution in [0.1, 0.15) is 63.9 Å². The minimum Gasteiger partial charge on any atom is -0.459 e. The summed E-state index contributed by atoms with van der Waals surface area (Å²) in [6, 6.07) is 17.6. The van der Waals surface area contributed by atoms with Gasteiger partial charge in [-0.1, -0.05) is 55.5 Å². The molecule has 0 fully saturated rings. The first kappa shape index (κ1) is 24.2. The number of ether oxygens (including phenoxy) is 1. The summed E-state index contributed by atoms with van der Waals surface area (Å²) in [4.78, 5) is 33.1. The molecule has 1 unspecified atom stereocenters. The van der Waals surface area contributed by atoms with Crippen LogP contribution < -0.4 is 5.32 Å². The second-order valence-electron chi connectivity index (χ2n) is 9.81. The van der Waals surface area contributed by atoms with E-state index in [0.29, 0.717) is 22.0 Å². The fourth-order valence-corrected chi connectivity index (χ4v) is 6.36. The van der Waals surface area contributed by atoms with Gasteiger partial charge in [-0.15, -0.1) is 11.3 Å². The molecule has 0 spiro atoms. The van der Waals surface area contributed by atoms with E-state index in [9.17, 15) is 9.59 Å². The lowest BCUT2D eigenvalue weighted by molar-refractivity contribution is 0.0378. The molecule has 1 aliphatic carbocycles. The van der Waals surface area contributed by atoms with Crippen LogP contribution in [0.2, 0.25) is 0 Å². The lowest BCUT2D eigenvalue weighted by Crippen LogP contribution is -2.19. The summed E-state index contributed by atoms with van der Waals surface area (Å²) in [7, 11) is 0. The Morgan fingerprint density at radius 3 is 2.53 bits per heavy atom. The number of thiophene rings is 1. The van der Waals surface area contributed by atoms with Crippen LogP contribution >= 0.6 is 11.3 Å². The number of pyridine rings is 1. The van der Waals surface area contributed by atoms with Gasteiger partial charge in [0.15, 0.2) is 0 Å². The molecule has 6 heteroatoms. The number of hydrogen-bond donors (Lipinski definition) is 1. The van der Waals surface area contributed by atoms with Crippen molar-refractivity contribution in [3.63, 3.8) is 0 Å². The normalized spacial score (nSPS) is 15.1. The topological polar surface area (TPSA) is 68.3 Å². The van der Waals surface area contributed by atoms with Gasteiger partial charge < -0.3 is 10.1 Å². The average molecular weight is 499 g/mol. The Hall–Kier alpha value is -3.51. The number of anilines is 1. The minimum absolute atomic E-state index is 0.237. The van der Waals surface area contributed by atoms with E-state index in [-0.39, 0.29) is 18.0 Å². The molecule has 2 aromatic heterocycles. The number of fused-ring (bicyclic) bond motifs is 2. The monoisotopic (exact) mass is 498 g/mol. The molecule has 1 aliphatic rings. The number of hydrogen-bond acceptors (Lipinski definition) is 5. The molecule has 0 aliphatic heterocycles. The van der Waals surface area contributed by atoms with Crippen LogP contribution in [0.4, 0.5) is 5.00 Å². The zero-order valence-corrected chi connectivity index (χ0v) is 21.9. The molecule has 1 amide bonds. The van der Waals surface area contributed by atoms with E-state index in [1.165, 1.54) is 16.2 Å². The maximum Gasteiger partial charge on any atom is 0.341 e. The van der Waals surface area contributed by atoms with Crippen molar-refractivity contribution >= 4 is 39.1 Å². The summed E-state index contributed by atoms with van der Waals surface area (Å²) >= 11 is 1.51. The summed E-state index contributed by atoms with van der Waals surface area (Å²) in [5.74, 6) is -0.0596. The number of amides is 1. The largest absolute Gasteiger partial charge is 0.459 e. The van der Waals surface area contributed by atoms with Crippen molar-refractivity contribution < 1.29 is 14.3 Å². The Bertz CT molecular complexity index is 1460. The Morgan fingerprint density at radius 2 is 1.78 bits per heavy atom. The molecule has 1 N–H and O–H groups in total. The SMILES string of the molecule is Cc1c(-c2ccccc2)nc2ccccc2c1C(=O)Nc1sc2c(c1C(=O)OC(C)C)CCC(C)C2. The van der Waals surface area contributed by atoms with Crippen molar-refractivity contribution in [3.05, 3.63) is 81.7 Å². The Kier molecular flexibility index (Phi) is 6.63. The number of rotatable bonds is 5. The highest BCUT2D eigenvalue weighted by Gasteiger charge is 2.30. The second-order valence-corrected chi connectivity index (χ2v) is 10.9. The van der Waals surface area contributed by atoms with Crippen molar-refractivity contribution in [1.29, 1.82) is 0 Å². The van der Waals surface area contributed by atoms with Crippen molar-refractivity contribution in [1.82, 2.24) is 4.98 Å². The zero-order valence-electron chi connectivity index (χ0n) is 21.1. The highest BCUT2D eigenvalue weighted by molar-refractivity contribution is 7.17. The van der Waals surface area contributed by atoms with Crippen LogP contribution in [0.3, 0.4) is 0 Å². The molecular weight excluding hydrogens is 468 g/mol. The van der Waals surface area contributed by atoms with Crippen LogP contribution in [0.25, 0.3) is 22.2 Å². The van der Waals surface area contributed by atoms with Crippen molar-refractivity contribution in [2.75, 3.05) is 5.32 Å². The predicted octanol–water partition coefficient (Wildman–Crippen LogP) is 7.21. The lowest BCUT2D eigenvalue weighted by atomic mass is 9.88. The average Bonchev–Trinajstić information content (AvgIpc) is 3.20. The Morgan fingerprint density at radius 1 is 1.06 bits per heavy atom. The number of nitrogens with zero attached hydrogens (tertiary/aromatic N) is 1. The van der Waals surface area contributed by atoms with E-state index in [1.807, 2.05) is 75.4 Å². The van der Waals surface area contributed by atoms with Crippen LogP contribution in [-0.4, -0.2) is 23.0 Å². The standard InChI is InChI=1S/C30H30N2O3S/c1-17(2)35-30(34)26-22-15-14-18(3)16-24(22)36-29(26)32-28(33)25-19(4)27(20-10-6-5-7-11-20)31-23-13-9-8-12-21(23)25/h5-13,17-18H,14-16H2,1-4H3,(H,32,33). The van der Waals surface area contributed by atoms with Gasteiger partial charge in [0.25, 0.3) is 5.91 Å². The molecule has 4 aromatic rings. The van der Waals surface area contributed by atoms with E-state index in [1.54, 1.807) is 0 Å². The number of aromatic nitrogens is 1. The van der Waals surface area contributed by atoms with Gasteiger partial charge in [-0.25, -0.2) is 9.78 Å². The molecular formula is C30H30N2O3S. The van der Waals surface area contributed by atoms with Gasteiger partial charge in [-0.05, 0) is 63.1 Å². The third-order valence-electron chi connectivity index (χ3n) is 6.70. The molecule has 0 saturated carbocycles. The van der Waals surface area contributed by atoms with E-state index in [0.717, 1.165) is 52.5 Å². The number of carbonyl (C=O) groups excluding carboxylic acids is 2. The van der Waals surface area contributed by atoms with Gasteiger partial charge in [0.05, 0.1) is 28.4 Å². The zero-order chi connectivity index (χ0) is 25.4. The van der Waals surface area contributed by atoms with Gasteiger partial charge in [0.2, 0.25) is 0 Å². The summed E-state index contributed by atoms with van der Waals surface area (Å²) in [5, 5.41) is 4.48. The first-order chi connectivity index (χ1) is 17.3. The summed E-state index contributed by atoms with van der Waals surface area (Å²) in [6.45, 7) is 7.85. The summed E-state index contributed by atoms with van der Waals surface area (Å²) in [6.07, 6.45) is 2.51. The van der Waals surface area contributed by atoms with Crippen LogP contribution in [0.5, 0.6) is 0 Å². The molecule has 2 aromatic carbocycles. The second kappa shape index (κ2) is 9.86. The highest BCUT2D eigenvalue weighted by Crippen LogP contribution is 2.41. The smallest absolute Gasteiger partial charge is 0.341 e. The maximum absolute atomic E-state index is 13.9. The Balaban J connectivity index is 1.61. The highest BCUT2D eigenvalue weighted by atomic mass is 32.1.